The van der Waals surface area contributed by atoms with Crippen molar-refractivity contribution in [1.29, 1.82) is 0 Å². The molecule has 0 radical (unpaired) electrons. The number of rotatable bonds is 8. The Morgan fingerprint density at radius 2 is 1.92 bits per heavy atom. The van der Waals surface area contributed by atoms with E-state index >= 15 is 0 Å². The fourth-order valence-electron chi connectivity index (χ4n) is 3.61. The monoisotopic (exact) mass is 346 g/mol. The molecule has 1 aromatic rings. The van der Waals surface area contributed by atoms with Crippen molar-refractivity contribution in [1.82, 2.24) is 10.2 Å². The highest BCUT2D eigenvalue weighted by Crippen LogP contribution is 2.17. The van der Waals surface area contributed by atoms with Gasteiger partial charge >= 0.3 is 0 Å². The zero-order chi connectivity index (χ0) is 17.3. The van der Waals surface area contributed by atoms with Gasteiger partial charge in [0.15, 0.2) is 0 Å². The van der Waals surface area contributed by atoms with Crippen molar-refractivity contribution in [2.24, 2.45) is 5.92 Å². The number of nitrogens with zero attached hydrogens (tertiary/aromatic N) is 1. The molecule has 5 heteroatoms. The van der Waals surface area contributed by atoms with Crippen LogP contribution >= 0.6 is 0 Å². The van der Waals surface area contributed by atoms with Crippen molar-refractivity contribution in [3.8, 4) is 0 Å². The Hall–Kier alpha value is -1.43. The maximum atomic E-state index is 12.4. The van der Waals surface area contributed by atoms with Crippen LogP contribution in [-0.4, -0.2) is 56.4 Å². The summed E-state index contributed by atoms with van der Waals surface area (Å²) in [6.45, 7) is 5.35. The van der Waals surface area contributed by atoms with Crippen molar-refractivity contribution in [3.05, 3.63) is 35.9 Å². The standard InChI is InChI=1S/C20H30N2O3/c23-20(21-13-19-7-4-10-25-19)16-22(14-17-5-2-1-3-6-17)15-18-8-11-24-12-9-18/h1-3,5-6,18-19H,4,7-16H2,(H,21,23). The normalized spacial score (nSPS) is 21.6. The SMILES string of the molecule is O=C(CN(Cc1ccccc1)CC1CCOCC1)NCC1CCCO1. The first kappa shape index (κ1) is 18.4. The molecular weight excluding hydrogens is 316 g/mol. The van der Waals surface area contributed by atoms with Crippen molar-refractivity contribution < 1.29 is 14.3 Å². The van der Waals surface area contributed by atoms with E-state index in [2.05, 4.69) is 34.5 Å². The summed E-state index contributed by atoms with van der Waals surface area (Å²) in [4.78, 5) is 14.7. The van der Waals surface area contributed by atoms with Gasteiger partial charge in [0.25, 0.3) is 0 Å². The second-order valence-electron chi connectivity index (χ2n) is 7.15. The third-order valence-electron chi connectivity index (χ3n) is 5.02. The van der Waals surface area contributed by atoms with Gasteiger partial charge in [0.1, 0.15) is 0 Å². The summed E-state index contributed by atoms with van der Waals surface area (Å²) in [6, 6.07) is 10.4. The van der Waals surface area contributed by atoms with E-state index in [0.717, 1.165) is 58.6 Å². The topological polar surface area (TPSA) is 50.8 Å². The average Bonchev–Trinajstić information content (AvgIpc) is 3.15. The number of hydrogen-bond donors (Lipinski definition) is 1. The summed E-state index contributed by atoms with van der Waals surface area (Å²) < 4.78 is 11.0. The van der Waals surface area contributed by atoms with Crippen LogP contribution < -0.4 is 5.32 Å². The first-order chi connectivity index (χ1) is 12.3. The highest BCUT2D eigenvalue weighted by atomic mass is 16.5. The summed E-state index contributed by atoms with van der Waals surface area (Å²) in [5.41, 5.74) is 1.25. The van der Waals surface area contributed by atoms with Crippen LogP contribution in [0.4, 0.5) is 0 Å². The number of benzene rings is 1. The van der Waals surface area contributed by atoms with E-state index in [0.29, 0.717) is 19.0 Å². The Bertz CT molecular complexity index is 511. The molecule has 2 fully saturated rings. The van der Waals surface area contributed by atoms with E-state index in [9.17, 15) is 4.79 Å². The second kappa shape index (κ2) is 9.90. The molecule has 2 aliphatic heterocycles. The van der Waals surface area contributed by atoms with Gasteiger partial charge in [-0.25, -0.2) is 0 Å². The molecule has 2 aliphatic rings. The minimum atomic E-state index is 0.0958. The van der Waals surface area contributed by atoms with Gasteiger partial charge in [0.2, 0.25) is 5.91 Å². The highest BCUT2D eigenvalue weighted by Gasteiger charge is 2.21. The van der Waals surface area contributed by atoms with Gasteiger partial charge in [-0.05, 0) is 37.2 Å². The number of carbonyl (C=O) groups is 1. The van der Waals surface area contributed by atoms with Crippen molar-refractivity contribution in [3.63, 3.8) is 0 Å². The third-order valence-corrected chi connectivity index (χ3v) is 5.02. The first-order valence-electron chi connectivity index (χ1n) is 9.52. The summed E-state index contributed by atoms with van der Waals surface area (Å²) in [5, 5.41) is 3.05. The second-order valence-corrected chi connectivity index (χ2v) is 7.15. The van der Waals surface area contributed by atoms with E-state index in [-0.39, 0.29) is 12.0 Å². The minimum Gasteiger partial charge on any atom is -0.381 e. The molecule has 138 valence electrons. The van der Waals surface area contributed by atoms with Gasteiger partial charge in [0, 0.05) is 39.5 Å². The van der Waals surface area contributed by atoms with Gasteiger partial charge in [-0.2, -0.15) is 0 Å². The van der Waals surface area contributed by atoms with Crippen LogP contribution in [0.15, 0.2) is 30.3 Å². The predicted molar refractivity (Wildman–Crippen MR) is 97.2 cm³/mol. The largest absolute Gasteiger partial charge is 0.381 e. The predicted octanol–water partition coefficient (Wildman–Crippen LogP) is 2.21. The summed E-state index contributed by atoms with van der Waals surface area (Å²) in [6.07, 6.45) is 4.52. The molecule has 2 saturated heterocycles. The lowest BCUT2D eigenvalue weighted by molar-refractivity contribution is -0.123. The van der Waals surface area contributed by atoms with Crippen LogP contribution in [-0.2, 0) is 20.8 Å². The van der Waals surface area contributed by atoms with Crippen LogP contribution in [0.25, 0.3) is 0 Å². The summed E-state index contributed by atoms with van der Waals surface area (Å²) >= 11 is 0. The van der Waals surface area contributed by atoms with E-state index in [4.69, 9.17) is 9.47 Å². The van der Waals surface area contributed by atoms with Crippen LogP contribution in [0.1, 0.15) is 31.2 Å². The third kappa shape index (κ3) is 6.42. The quantitative estimate of drug-likeness (QED) is 0.784. The van der Waals surface area contributed by atoms with Crippen molar-refractivity contribution in [2.75, 3.05) is 39.5 Å². The first-order valence-corrected chi connectivity index (χ1v) is 9.52. The molecule has 5 nitrogen and oxygen atoms in total. The van der Waals surface area contributed by atoms with Gasteiger partial charge in [-0.1, -0.05) is 30.3 Å². The fraction of sp³-hybridized carbons (Fsp3) is 0.650. The Morgan fingerprint density at radius 1 is 1.12 bits per heavy atom. The Kier molecular flexibility index (Phi) is 7.27. The molecule has 0 spiro atoms. The van der Waals surface area contributed by atoms with E-state index < -0.39 is 0 Å². The lowest BCUT2D eigenvalue weighted by atomic mass is 9.99. The minimum absolute atomic E-state index is 0.0958. The smallest absolute Gasteiger partial charge is 0.234 e. The Morgan fingerprint density at radius 3 is 2.64 bits per heavy atom. The molecule has 0 saturated carbocycles. The zero-order valence-corrected chi connectivity index (χ0v) is 15.0. The van der Waals surface area contributed by atoms with E-state index in [1.54, 1.807) is 0 Å². The molecular formula is C20H30N2O3. The van der Waals surface area contributed by atoms with Crippen molar-refractivity contribution >= 4 is 5.91 Å². The molecule has 1 aromatic carbocycles. The highest BCUT2D eigenvalue weighted by molar-refractivity contribution is 5.78. The summed E-state index contributed by atoms with van der Waals surface area (Å²) in [5.74, 6) is 0.710. The maximum Gasteiger partial charge on any atom is 0.234 e. The van der Waals surface area contributed by atoms with Crippen molar-refractivity contribution in [2.45, 2.75) is 38.3 Å². The van der Waals surface area contributed by atoms with E-state index in [1.165, 1.54) is 5.56 Å². The number of hydrogen-bond acceptors (Lipinski definition) is 4. The zero-order valence-electron chi connectivity index (χ0n) is 15.0. The molecule has 1 N–H and O–H groups in total. The molecule has 0 aromatic heterocycles. The number of nitrogens with one attached hydrogen (secondary N) is 1. The molecule has 0 bridgehead atoms. The van der Waals surface area contributed by atoms with Gasteiger partial charge in [0.05, 0.1) is 12.6 Å². The molecule has 1 amide bonds. The molecule has 3 rings (SSSR count). The van der Waals surface area contributed by atoms with Gasteiger partial charge in [-0.3, -0.25) is 9.69 Å². The number of amides is 1. The average molecular weight is 346 g/mol. The molecule has 1 atom stereocenters. The van der Waals surface area contributed by atoms with Crippen LogP contribution in [0, 0.1) is 5.92 Å². The molecule has 2 heterocycles. The number of carbonyl (C=O) groups excluding carboxylic acids is 1. The lowest BCUT2D eigenvalue weighted by Crippen LogP contribution is -2.42. The van der Waals surface area contributed by atoms with Crippen LogP contribution in [0.2, 0.25) is 0 Å². The summed E-state index contributed by atoms with van der Waals surface area (Å²) in [7, 11) is 0. The molecule has 1 unspecified atom stereocenters. The van der Waals surface area contributed by atoms with Gasteiger partial charge in [-0.15, -0.1) is 0 Å². The Labute approximate surface area is 150 Å². The van der Waals surface area contributed by atoms with Crippen LogP contribution in [0.5, 0.6) is 0 Å². The fourth-order valence-corrected chi connectivity index (χ4v) is 3.61. The number of ether oxygens (including phenoxy) is 2. The van der Waals surface area contributed by atoms with E-state index in [1.807, 2.05) is 6.07 Å². The maximum absolute atomic E-state index is 12.4. The van der Waals surface area contributed by atoms with Crippen LogP contribution in [0.3, 0.4) is 0 Å². The molecule has 25 heavy (non-hydrogen) atoms. The molecule has 0 aliphatic carbocycles. The van der Waals surface area contributed by atoms with Gasteiger partial charge < -0.3 is 14.8 Å². The lowest BCUT2D eigenvalue weighted by Gasteiger charge is -2.29. The Balaban J connectivity index is 1.51.